The summed E-state index contributed by atoms with van der Waals surface area (Å²) in [5.74, 6) is -0.204. The third kappa shape index (κ3) is 6.14. The van der Waals surface area contributed by atoms with Crippen LogP contribution in [0.15, 0.2) is 64.2 Å². The fraction of sp³-hybridized carbons (Fsp3) is 0.333. The summed E-state index contributed by atoms with van der Waals surface area (Å²) >= 11 is 3.40. The number of hydrogen-bond donors (Lipinski definition) is 1. The minimum atomic E-state index is -0.204. The van der Waals surface area contributed by atoms with E-state index in [1.54, 1.807) is 23.9 Å². The molecule has 0 fully saturated rings. The lowest BCUT2D eigenvalue weighted by Crippen LogP contribution is -2.04. The Hall–Kier alpha value is -1.77. The highest BCUT2D eigenvalue weighted by Gasteiger charge is 2.17. The number of aromatic nitrogens is 1. The van der Waals surface area contributed by atoms with Crippen molar-refractivity contribution in [2.24, 2.45) is 5.73 Å². The zero-order chi connectivity index (χ0) is 22.5. The van der Waals surface area contributed by atoms with Crippen LogP contribution in [0, 0.1) is 6.92 Å². The monoisotopic (exact) mass is 458 g/mol. The predicted molar refractivity (Wildman–Crippen MR) is 133 cm³/mol. The molecule has 0 bridgehead atoms. The normalized spacial score (nSPS) is 12.5. The number of nitrogens with zero attached hydrogens (tertiary/aromatic N) is 3. The Labute approximate surface area is 193 Å². The molecule has 0 aliphatic carbocycles. The van der Waals surface area contributed by atoms with Crippen molar-refractivity contribution < 1.29 is 4.39 Å². The van der Waals surface area contributed by atoms with E-state index < -0.39 is 0 Å². The molecule has 1 heterocycles. The van der Waals surface area contributed by atoms with Crippen LogP contribution in [0.2, 0.25) is 0 Å². The van der Waals surface area contributed by atoms with Crippen LogP contribution in [0.1, 0.15) is 16.8 Å². The van der Waals surface area contributed by atoms with Crippen LogP contribution in [-0.4, -0.2) is 47.9 Å². The van der Waals surface area contributed by atoms with E-state index >= 15 is 0 Å². The van der Waals surface area contributed by atoms with Crippen molar-refractivity contribution in [3.8, 4) is 0 Å². The minimum absolute atomic E-state index is 0.204. The van der Waals surface area contributed by atoms with Crippen LogP contribution in [0.25, 0.3) is 10.9 Å². The van der Waals surface area contributed by atoms with E-state index in [-0.39, 0.29) is 18.9 Å². The second kappa shape index (κ2) is 10.7. The molecule has 0 spiro atoms. The molecule has 0 saturated carbocycles. The lowest BCUT2D eigenvalue weighted by atomic mass is 10.0. The number of benzene rings is 2. The molecule has 0 amide bonds. The van der Waals surface area contributed by atoms with Gasteiger partial charge in [0.05, 0.1) is 6.54 Å². The third-order valence-corrected chi connectivity index (χ3v) is 6.59. The van der Waals surface area contributed by atoms with Crippen LogP contribution in [0.5, 0.6) is 0 Å². The zero-order valence-corrected chi connectivity index (χ0v) is 20.5. The minimum Gasteiger partial charge on any atom is -0.338 e. The Morgan fingerprint density at radius 3 is 2.35 bits per heavy atom. The Kier molecular flexibility index (Phi) is 8.24. The maximum atomic E-state index is 14.4. The van der Waals surface area contributed by atoms with Gasteiger partial charge in [-0.15, -0.1) is 0 Å². The fourth-order valence-electron chi connectivity index (χ4n) is 3.70. The van der Waals surface area contributed by atoms with Gasteiger partial charge in [0.15, 0.2) is 0 Å². The first kappa shape index (κ1) is 23.9. The first-order valence-corrected chi connectivity index (χ1v) is 11.8. The van der Waals surface area contributed by atoms with Crippen molar-refractivity contribution in [3.05, 3.63) is 71.2 Å². The van der Waals surface area contributed by atoms with Crippen molar-refractivity contribution in [2.75, 3.05) is 34.7 Å². The highest BCUT2D eigenvalue weighted by atomic mass is 32.2. The summed E-state index contributed by atoms with van der Waals surface area (Å²) in [6, 6.07) is 15.1. The van der Waals surface area contributed by atoms with Gasteiger partial charge in [-0.1, -0.05) is 12.1 Å². The Morgan fingerprint density at radius 2 is 1.71 bits per heavy atom. The van der Waals surface area contributed by atoms with E-state index in [0.29, 0.717) is 0 Å². The molecule has 0 atom stereocenters. The van der Waals surface area contributed by atoms with Gasteiger partial charge in [0.1, 0.15) is 5.83 Å². The summed E-state index contributed by atoms with van der Waals surface area (Å²) in [4.78, 5) is 2.38. The summed E-state index contributed by atoms with van der Waals surface area (Å²) in [6.45, 7) is 2.50. The summed E-state index contributed by atoms with van der Waals surface area (Å²) in [7, 11) is 8.16. The highest BCUT2D eigenvalue weighted by Crippen LogP contribution is 2.33. The Morgan fingerprint density at radius 1 is 1.03 bits per heavy atom. The van der Waals surface area contributed by atoms with Gasteiger partial charge < -0.3 is 10.3 Å². The molecule has 166 valence electrons. The van der Waals surface area contributed by atoms with Gasteiger partial charge in [-0.25, -0.2) is 4.39 Å². The van der Waals surface area contributed by atoms with Crippen molar-refractivity contribution in [3.63, 3.8) is 0 Å². The van der Waals surface area contributed by atoms with E-state index in [2.05, 4.69) is 62.6 Å². The molecular formula is C24H31FN4S2. The maximum absolute atomic E-state index is 14.4. The molecule has 4 nitrogen and oxygen atoms in total. The van der Waals surface area contributed by atoms with Crippen molar-refractivity contribution in [2.45, 2.75) is 29.7 Å². The molecular weight excluding hydrogens is 427 g/mol. The van der Waals surface area contributed by atoms with E-state index in [4.69, 9.17) is 5.73 Å². The van der Waals surface area contributed by atoms with E-state index in [0.717, 1.165) is 17.6 Å². The molecule has 2 N–H and O–H groups in total. The molecule has 7 heteroatoms. The Bertz CT molecular complexity index is 1070. The molecule has 2 aromatic carbocycles. The quantitative estimate of drug-likeness (QED) is 0.429. The first-order valence-electron chi connectivity index (χ1n) is 10.2. The van der Waals surface area contributed by atoms with E-state index in [9.17, 15) is 4.39 Å². The van der Waals surface area contributed by atoms with Crippen molar-refractivity contribution in [1.29, 1.82) is 0 Å². The van der Waals surface area contributed by atoms with Crippen LogP contribution >= 0.6 is 23.9 Å². The second-order valence-electron chi connectivity index (χ2n) is 7.85. The second-order valence-corrected chi connectivity index (χ2v) is 10.6. The lowest BCUT2D eigenvalue weighted by Gasteiger charge is -2.11. The van der Waals surface area contributed by atoms with Crippen LogP contribution in [0.4, 0.5) is 4.39 Å². The topological polar surface area (TPSA) is 37.4 Å². The SMILES string of the molecule is Cc1c(Cc2cccc(SN(C)C)c2)c2cc(SN(C)C)ccc2n1C/C(F)=C/CN. The molecule has 3 aromatic rings. The summed E-state index contributed by atoms with van der Waals surface area (Å²) in [5, 5.41) is 1.18. The molecule has 0 radical (unpaired) electrons. The predicted octanol–water partition coefficient (Wildman–Crippen LogP) is 5.49. The molecule has 0 aliphatic rings. The molecule has 0 saturated heterocycles. The van der Waals surface area contributed by atoms with Gasteiger partial charge >= 0.3 is 0 Å². The number of halogens is 1. The van der Waals surface area contributed by atoms with Gasteiger partial charge in [0.2, 0.25) is 0 Å². The molecule has 3 rings (SSSR count). The maximum Gasteiger partial charge on any atom is 0.117 e. The molecule has 0 aliphatic heterocycles. The third-order valence-electron chi connectivity index (χ3n) is 4.93. The zero-order valence-electron chi connectivity index (χ0n) is 18.9. The average Bonchev–Trinajstić information content (AvgIpc) is 2.93. The summed E-state index contributed by atoms with van der Waals surface area (Å²) < 4.78 is 20.6. The molecule has 1 aromatic heterocycles. The van der Waals surface area contributed by atoms with Crippen molar-refractivity contribution >= 4 is 34.8 Å². The van der Waals surface area contributed by atoms with Gasteiger partial charge in [-0.2, -0.15) is 0 Å². The fourth-order valence-corrected chi connectivity index (χ4v) is 5.18. The van der Waals surface area contributed by atoms with Gasteiger partial charge in [0, 0.05) is 32.9 Å². The van der Waals surface area contributed by atoms with Crippen LogP contribution < -0.4 is 5.73 Å². The number of allylic oxidation sites excluding steroid dienone is 1. The van der Waals surface area contributed by atoms with Gasteiger partial charge in [-0.05, 0) is 113 Å². The number of fused-ring (bicyclic) bond motifs is 1. The Balaban J connectivity index is 2.07. The number of hydrogen-bond acceptors (Lipinski definition) is 5. The summed E-state index contributed by atoms with van der Waals surface area (Å²) in [6.07, 6.45) is 2.25. The van der Waals surface area contributed by atoms with Gasteiger partial charge in [0.25, 0.3) is 0 Å². The summed E-state index contributed by atoms with van der Waals surface area (Å²) in [5.41, 5.74) is 10.1. The molecule has 0 unspecified atom stereocenters. The highest BCUT2D eigenvalue weighted by molar-refractivity contribution is 7.97. The molecule has 31 heavy (non-hydrogen) atoms. The smallest absolute Gasteiger partial charge is 0.117 e. The number of rotatable bonds is 9. The average molecular weight is 459 g/mol. The first-order chi connectivity index (χ1) is 14.8. The number of nitrogens with two attached hydrogens (primary N) is 1. The van der Waals surface area contributed by atoms with Crippen LogP contribution in [-0.2, 0) is 13.0 Å². The standard InChI is InChI=1S/C24H31FN4S2/c1-17-22(14-18-7-6-8-20(13-18)30-27(2)3)23-15-21(31-28(4)5)9-10-24(23)29(17)16-19(25)11-12-26/h6-11,13,15H,12,14,16,26H2,1-5H3/b19-11-. The van der Waals surface area contributed by atoms with E-state index in [1.807, 2.05) is 28.2 Å². The lowest BCUT2D eigenvalue weighted by molar-refractivity contribution is 0.554. The van der Waals surface area contributed by atoms with Crippen molar-refractivity contribution in [1.82, 2.24) is 13.2 Å². The van der Waals surface area contributed by atoms with Gasteiger partial charge in [-0.3, -0.25) is 8.61 Å². The van der Waals surface area contributed by atoms with Crippen LogP contribution in [0.3, 0.4) is 0 Å². The van der Waals surface area contributed by atoms with E-state index in [1.165, 1.54) is 32.4 Å². The largest absolute Gasteiger partial charge is 0.338 e.